The third-order valence-electron chi connectivity index (χ3n) is 4.27. The van der Waals surface area contributed by atoms with Crippen LogP contribution < -0.4 is 0 Å². The van der Waals surface area contributed by atoms with Crippen LogP contribution in [0.1, 0.15) is 48.0 Å². The van der Waals surface area contributed by atoms with E-state index in [1.165, 1.54) is 0 Å². The molecule has 1 aliphatic rings. The standard InChI is InChI=1S/C17H37N2O2PS/c1-8-16(15(2)3)22(20,21-17(4,5)6)23-14-13-19-11-9-18(7)10-12-19/h15-16H,8-14H2,1-7H3. The van der Waals surface area contributed by atoms with Crippen LogP contribution in [-0.4, -0.2) is 66.6 Å². The molecule has 0 N–H and O–H groups in total. The van der Waals surface area contributed by atoms with Crippen molar-refractivity contribution in [1.82, 2.24) is 9.80 Å². The van der Waals surface area contributed by atoms with Gasteiger partial charge < -0.3 is 9.42 Å². The highest BCUT2D eigenvalue weighted by Gasteiger charge is 2.39. The quantitative estimate of drug-likeness (QED) is 0.596. The van der Waals surface area contributed by atoms with Crippen molar-refractivity contribution in [2.24, 2.45) is 5.92 Å². The van der Waals surface area contributed by atoms with Crippen LogP contribution in [-0.2, 0) is 9.09 Å². The number of nitrogens with zero attached hydrogens (tertiary/aromatic N) is 2. The topological polar surface area (TPSA) is 32.8 Å². The molecule has 2 unspecified atom stereocenters. The van der Waals surface area contributed by atoms with E-state index in [1.807, 2.05) is 20.8 Å². The molecule has 1 rings (SSSR count). The molecule has 0 aromatic rings. The fourth-order valence-electron chi connectivity index (χ4n) is 3.00. The van der Waals surface area contributed by atoms with Crippen LogP contribution in [0.2, 0.25) is 0 Å². The SMILES string of the molecule is CCC(C(C)C)P(=O)(OC(C)(C)C)SCCN1CCN(C)CC1. The molecule has 0 amide bonds. The molecule has 6 heteroatoms. The lowest BCUT2D eigenvalue weighted by Crippen LogP contribution is -2.45. The molecular weight excluding hydrogens is 327 g/mol. The Labute approximate surface area is 147 Å². The van der Waals surface area contributed by atoms with Gasteiger partial charge in [-0.1, -0.05) is 32.2 Å². The molecule has 138 valence electrons. The van der Waals surface area contributed by atoms with Crippen molar-refractivity contribution in [1.29, 1.82) is 0 Å². The number of likely N-dealkylation sites (N-methyl/N-ethyl adjacent to an activating group) is 1. The summed E-state index contributed by atoms with van der Waals surface area (Å²) in [5, 5.41) is 0. The Morgan fingerprint density at radius 1 is 1.17 bits per heavy atom. The van der Waals surface area contributed by atoms with E-state index in [0.717, 1.165) is 44.9 Å². The van der Waals surface area contributed by atoms with E-state index >= 15 is 0 Å². The van der Waals surface area contributed by atoms with Gasteiger partial charge in [-0.25, -0.2) is 0 Å². The molecule has 1 aliphatic heterocycles. The van der Waals surface area contributed by atoms with Crippen molar-refractivity contribution >= 4 is 18.0 Å². The lowest BCUT2D eigenvalue weighted by molar-refractivity contribution is 0.136. The van der Waals surface area contributed by atoms with Crippen molar-refractivity contribution in [2.45, 2.75) is 59.2 Å². The first-order valence-corrected chi connectivity index (χ1v) is 12.2. The van der Waals surface area contributed by atoms with Crippen LogP contribution in [0.3, 0.4) is 0 Å². The minimum absolute atomic E-state index is 0.138. The van der Waals surface area contributed by atoms with E-state index in [4.69, 9.17) is 4.52 Å². The third kappa shape index (κ3) is 7.48. The van der Waals surface area contributed by atoms with E-state index in [2.05, 4.69) is 37.6 Å². The van der Waals surface area contributed by atoms with Gasteiger partial charge in [0.1, 0.15) is 0 Å². The summed E-state index contributed by atoms with van der Waals surface area (Å²) in [6.45, 7) is 15.3. The first kappa shape index (κ1) is 21.5. The van der Waals surface area contributed by atoms with Crippen LogP contribution in [0.5, 0.6) is 0 Å². The summed E-state index contributed by atoms with van der Waals surface area (Å²) in [6, 6.07) is 0. The number of rotatable bonds is 8. The molecule has 0 aromatic heterocycles. The summed E-state index contributed by atoms with van der Waals surface area (Å²) in [5.41, 5.74) is -0.224. The zero-order valence-electron chi connectivity index (χ0n) is 16.2. The molecule has 1 saturated heterocycles. The Bertz CT molecular complexity index is 391. The van der Waals surface area contributed by atoms with E-state index < -0.39 is 6.57 Å². The maximum Gasteiger partial charge on any atom is 0.261 e. The van der Waals surface area contributed by atoms with Gasteiger partial charge in [-0.3, -0.25) is 9.46 Å². The summed E-state index contributed by atoms with van der Waals surface area (Å²) in [7, 11) is 2.17. The molecular formula is C17H37N2O2PS. The Hall–Kier alpha value is 0.460. The second kappa shape index (κ2) is 9.24. The van der Waals surface area contributed by atoms with Gasteiger partial charge in [-0.15, -0.1) is 0 Å². The molecule has 0 aromatic carbocycles. The summed E-state index contributed by atoms with van der Waals surface area (Å²) in [6.07, 6.45) is 0.909. The second-order valence-electron chi connectivity index (χ2n) is 7.94. The average Bonchev–Trinajstić information content (AvgIpc) is 2.39. The van der Waals surface area contributed by atoms with Gasteiger partial charge in [-0.2, -0.15) is 0 Å². The molecule has 0 aliphatic carbocycles. The molecule has 1 fully saturated rings. The Morgan fingerprint density at radius 2 is 1.74 bits per heavy atom. The number of hydrogen-bond acceptors (Lipinski definition) is 5. The van der Waals surface area contributed by atoms with E-state index in [-0.39, 0.29) is 11.3 Å². The monoisotopic (exact) mass is 364 g/mol. The summed E-state index contributed by atoms with van der Waals surface area (Å²) >= 11 is 1.58. The van der Waals surface area contributed by atoms with Crippen molar-refractivity contribution in [3.8, 4) is 0 Å². The minimum Gasteiger partial charge on any atom is -0.315 e. The summed E-state index contributed by atoms with van der Waals surface area (Å²) in [4.78, 5) is 4.84. The van der Waals surface area contributed by atoms with E-state index in [9.17, 15) is 4.57 Å². The van der Waals surface area contributed by atoms with Crippen molar-refractivity contribution < 1.29 is 9.09 Å². The molecule has 0 bridgehead atoms. The molecule has 2 atom stereocenters. The maximum absolute atomic E-state index is 13.6. The van der Waals surface area contributed by atoms with Gasteiger partial charge in [0, 0.05) is 44.1 Å². The van der Waals surface area contributed by atoms with E-state index in [1.54, 1.807) is 11.4 Å². The van der Waals surface area contributed by atoms with Crippen molar-refractivity contribution in [3.63, 3.8) is 0 Å². The zero-order valence-corrected chi connectivity index (χ0v) is 17.9. The smallest absolute Gasteiger partial charge is 0.261 e. The fourth-order valence-corrected chi connectivity index (χ4v) is 9.50. The van der Waals surface area contributed by atoms with Crippen molar-refractivity contribution in [2.75, 3.05) is 45.5 Å². The van der Waals surface area contributed by atoms with Gasteiger partial charge in [0.25, 0.3) is 6.57 Å². The largest absolute Gasteiger partial charge is 0.315 e. The average molecular weight is 365 g/mol. The Morgan fingerprint density at radius 3 is 2.17 bits per heavy atom. The normalized spacial score (nSPS) is 22.3. The molecule has 23 heavy (non-hydrogen) atoms. The van der Waals surface area contributed by atoms with Crippen LogP contribution in [0, 0.1) is 5.92 Å². The van der Waals surface area contributed by atoms with Crippen LogP contribution in [0.4, 0.5) is 0 Å². The lowest BCUT2D eigenvalue weighted by Gasteiger charge is -2.35. The number of hydrogen-bond donors (Lipinski definition) is 0. The van der Waals surface area contributed by atoms with Gasteiger partial charge in [0.05, 0.1) is 5.60 Å². The highest BCUT2D eigenvalue weighted by Crippen LogP contribution is 2.67. The van der Waals surface area contributed by atoms with E-state index in [0.29, 0.717) is 5.92 Å². The van der Waals surface area contributed by atoms with Gasteiger partial charge in [0.2, 0.25) is 0 Å². The molecule has 0 saturated carbocycles. The molecule has 0 spiro atoms. The minimum atomic E-state index is -2.71. The van der Waals surface area contributed by atoms with Crippen LogP contribution in [0.15, 0.2) is 0 Å². The summed E-state index contributed by atoms with van der Waals surface area (Å²) in [5.74, 6) is 1.27. The Kier molecular flexibility index (Phi) is 8.64. The molecule has 0 radical (unpaired) electrons. The Balaban J connectivity index is 2.64. The van der Waals surface area contributed by atoms with Gasteiger partial charge in [0.15, 0.2) is 0 Å². The fraction of sp³-hybridized carbons (Fsp3) is 1.00. The first-order valence-electron chi connectivity index (χ1n) is 8.93. The van der Waals surface area contributed by atoms with Crippen LogP contribution >= 0.6 is 18.0 Å². The van der Waals surface area contributed by atoms with Gasteiger partial charge >= 0.3 is 0 Å². The third-order valence-corrected chi connectivity index (χ3v) is 10.2. The van der Waals surface area contributed by atoms with Crippen molar-refractivity contribution in [3.05, 3.63) is 0 Å². The maximum atomic E-state index is 13.6. The molecule has 4 nitrogen and oxygen atoms in total. The number of piperazine rings is 1. The lowest BCUT2D eigenvalue weighted by atomic mass is 10.1. The zero-order chi connectivity index (χ0) is 17.7. The highest BCUT2D eigenvalue weighted by atomic mass is 32.7. The first-order chi connectivity index (χ1) is 10.6. The highest BCUT2D eigenvalue weighted by molar-refractivity contribution is 8.56. The second-order valence-corrected chi connectivity index (χ2v) is 12.8. The predicted molar refractivity (Wildman–Crippen MR) is 104 cm³/mol. The van der Waals surface area contributed by atoms with Crippen LogP contribution in [0.25, 0.3) is 0 Å². The predicted octanol–water partition coefficient (Wildman–Crippen LogP) is 4.41. The molecule has 1 heterocycles. The van der Waals surface area contributed by atoms with Gasteiger partial charge in [-0.05, 0) is 40.2 Å². The summed E-state index contributed by atoms with van der Waals surface area (Å²) < 4.78 is 19.7.